The summed E-state index contributed by atoms with van der Waals surface area (Å²) in [5, 5.41) is 13.5. The number of fused-ring (bicyclic) bond motifs is 3. The third-order valence-electron chi connectivity index (χ3n) is 6.57. The molecule has 0 saturated carbocycles. The molecule has 1 amide bonds. The number of aliphatic hydroxyl groups is 1. The van der Waals surface area contributed by atoms with E-state index in [1.54, 1.807) is 0 Å². The summed E-state index contributed by atoms with van der Waals surface area (Å²) in [4.78, 5) is 28.0. The van der Waals surface area contributed by atoms with E-state index in [-0.39, 0.29) is 36.0 Å². The summed E-state index contributed by atoms with van der Waals surface area (Å²) in [6.07, 6.45) is 0. The van der Waals surface area contributed by atoms with Crippen LogP contribution in [0.2, 0.25) is 0 Å². The largest absolute Gasteiger partial charge is 0.396 e. The lowest BCUT2D eigenvalue weighted by Crippen LogP contribution is -2.51. The number of hydrogen-bond acceptors (Lipinski definition) is 5. The average Bonchev–Trinajstić information content (AvgIpc) is 3.31. The Balaban J connectivity index is 1.44. The number of aromatic nitrogens is 1. The molecule has 0 radical (unpaired) electrons. The van der Waals surface area contributed by atoms with Crippen LogP contribution in [0.25, 0.3) is 11.1 Å². The Hall–Kier alpha value is -2.48. The molecule has 0 unspecified atom stereocenters. The summed E-state index contributed by atoms with van der Waals surface area (Å²) in [5.74, 6) is -0.167. The van der Waals surface area contributed by atoms with E-state index < -0.39 is 6.04 Å². The maximum atomic E-state index is 13.1. The molecule has 4 heterocycles. The lowest BCUT2D eigenvalue weighted by molar-refractivity contribution is -0.138. The molecule has 4 atom stereocenters. The van der Waals surface area contributed by atoms with Crippen molar-refractivity contribution in [1.29, 1.82) is 0 Å². The fourth-order valence-corrected chi connectivity index (χ4v) is 5.06. The number of carbonyl (C=O) groups is 1. The van der Waals surface area contributed by atoms with Crippen LogP contribution >= 0.6 is 0 Å². The van der Waals surface area contributed by atoms with Gasteiger partial charge >= 0.3 is 0 Å². The Kier molecular flexibility index (Phi) is 4.73. The number of benzene rings is 1. The Morgan fingerprint density at radius 3 is 2.62 bits per heavy atom. The molecule has 1 aromatic carbocycles. The summed E-state index contributed by atoms with van der Waals surface area (Å²) in [6.45, 7) is 2.71. The van der Waals surface area contributed by atoms with Gasteiger partial charge in [-0.05, 0) is 17.7 Å². The second kappa shape index (κ2) is 7.40. The molecule has 2 fully saturated rings. The zero-order valence-electron chi connectivity index (χ0n) is 16.2. The Bertz CT molecular complexity index is 968. The Morgan fingerprint density at radius 1 is 1.14 bits per heavy atom. The van der Waals surface area contributed by atoms with Crippen LogP contribution in [0.3, 0.4) is 0 Å². The predicted molar refractivity (Wildman–Crippen MR) is 107 cm³/mol. The van der Waals surface area contributed by atoms with Crippen molar-refractivity contribution in [3.63, 3.8) is 0 Å². The van der Waals surface area contributed by atoms with E-state index >= 15 is 0 Å². The third kappa shape index (κ3) is 3.01. The SMILES string of the molecule is O=C([C@H]1N[C@H]2c3ccc(-c4ccccc4)c(=O)n3C[C@H]2[C@@H]1CO)N1CCOCC1. The van der Waals surface area contributed by atoms with Crippen molar-refractivity contribution in [2.45, 2.75) is 18.6 Å². The van der Waals surface area contributed by atoms with Crippen molar-refractivity contribution in [3.8, 4) is 11.1 Å². The molecule has 0 spiro atoms. The summed E-state index contributed by atoms with van der Waals surface area (Å²) < 4.78 is 7.15. The summed E-state index contributed by atoms with van der Waals surface area (Å²) in [5.41, 5.74) is 2.46. The van der Waals surface area contributed by atoms with Crippen LogP contribution in [-0.4, -0.2) is 59.4 Å². The first-order valence-corrected chi connectivity index (χ1v) is 10.2. The van der Waals surface area contributed by atoms with E-state index in [4.69, 9.17) is 4.74 Å². The molecule has 5 rings (SSSR count). The number of ether oxygens (including phenoxy) is 1. The number of pyridine rings is 1. The zero-order valence-corrected chi connectivity index (χ0v) is 16.2. The van der Waals surface area contributed by atoms with Gasteiger partial charge in [0.15, 0.2) is 0 Å². The number of aliphatic hydroxyl groups excluding tert-OH is 1. The Morgan fingerprint density at radius 2 is 1.90 bits per heavy atom. The highest BCUT2D eigenvalue weighted by molar-refractivity contribution is 5.83. The van der Waals surface area contributed by atoms with Gasteiger partial charge in [0.1, 0.15) is 0 Å². The first-order valence-electron chi connectivity index (χ1n) is 10.2. The van der Waals surface area contributed by atoms with E-state index in [2.05, 4.69) is 5.32 Å². The van der Waals surface area contributed by atoms with E-state index in [0.717, 1.165) is 11.3 Å². The number of nitrogens with one attached hydrogen (secondary N) is 1. The van der Waals surface area contributed by atoms with Gasteiger partial charge in [0.25, 0.3) is 5.56 Å². The summed E-state index contributed by atoms with van der Waals surface area (Å²) >= 11 is 0. The highest BCUT2D eigenvalue weighted by atomic mass is 16.5. The summed E-state index contributed by atoms with van der Waals surface area (Å²) in [6, 6.07) is 13.0. The van der Waals surface area contributed by atoms with E-state index in [1.165, 1.54) is 0 Å². The minimum Gasteiger partial charge on any atom is -0.396 e. The first kappa shape index (κ1) is 18.5. The molecule has 3 aliphatic heterocycles. The highest BCUT2D eigenvalue weighted by Crippen LogP contribution is 2.43. The fourth-order valence-electron chi connectivity index (χ4n) is 5.06. The number of amides is 1. The molecule has 152 valence electrons. The molecule has 7 nitrogen and oxygen atoms in total. The van der Waals surface area contributed by atoms with Crippen molar-refractivity contribution >= 4 is 5.91 Å². The number of morpholine rings is 1. The molecular weight excluding hydrogens is 370 g/mol. The summed E-state index contributed by atoms with van der Waals surface area (Å²) in [7, 11) is 0. The predicted octanol–water partition coefficient (Wildman–Crippen LogP) is 0.625. The van der Waals surface area contributed by atoms with Gasteiger partial charge in [0, 0.05) is 49.3 Å². The van der Waals surface area contributed by atoms with Crippen molar-refractivity contribution in [3.05, 3.63) is 58.5 Å². The van der Waals surface area contributed by atoms with E-state index in [9.17, 15) is 14.7 Å². The van der Waals surface area contributed by atoms with Gasteiger partial charge in [-0.3, -0.25) is 14.9 Å². The molecule has 2 aromatic rings. The van der Waals surface area contributed by atoms with Gasteiger partial charge in [-0.25, -0.2) is 0 Å². The lowest BCUT2D eigenvalue weighted by Gasteiger charge is -2.31. The molecule has 7 heteroatoms. The van der Waals surface area contributed by atoms with Crippen LogP contribution < -0.4 is 10.9 Å². The number of carbonyl (C=O) groups excluding carboxylic acids is 1. The lowest BCUT2D eigenvalue weighted by atomic mass is 9.88. The van der Waals surface area contributed by atoms with Crippen molar-refractivity contribution in [1.82, 2.24) is 14.8 Å². The highest BCUT2D eigenvalue weighted by Gasteiger charge is 2.51. The minimum atomic E-state index is -0.425. The van der Waals surface area contributed by atoms with Gasteiger partial charge < -0.3 is 19.3 Å². The second-order valence-corrected chi connectivity index (χ2v) is 8.02. The van der Waals surface area contributed by atoms with Crippen LogP contribution in [0.5, 0.6) is 0 Å². The topological polar surface area (TPSA) is 83.8 Å². The van der Waals surface area contributed by atoms with Crippen LogP contribution in [0.4, 0.5) is 0 Å². The standard InChI is InChI=1S/C22H25N3O4/c26-13-17-16-12-25-18(7-6-15(21(25)27)14-4-2-1-3-5-14)19(16)23-20(17)22(28)24-8-10-29-11-9-24/h1-7,16-17,19-20,23,26H,8-13H2/t16-,17-,19+,20-/m0/s1. The van der Waals surface area contributed by atoms with Crippen LogP contribution in [-0.2, 0) is 16.1 Å². The smallest absolute Gasteiger partial charge is 0.258 e. The second-order valence-electron chi connectivity index (χ2n) is 8.02. The van der Waals surface area contributed by atoms with Gasteiger partial charge in [-0.2, -0.15) is 0 Å². The van der Waals surface area contributed by atoms with Crippen molar-refractivity contribution < 1.29 is 14.6 Å². The molecule has 1 aromatic heterocycles. The molecule has 2 saturated heterocycles. The molecular formula is C22H25N3O4. The maximum Gasteiger partial charge on any atom is 0.258 e. The molecule has 29 heavy (non-hydrogen) atoms. The fraction of sp³-hybridized carbons (Fsp3) is 0.455. The first-order chi connectivity index (χ1) is 14.2. The van der Waals surface area contributed by atoms with Gasteiger partial charge in [0.05, 0.1) is 25.3 Å². The van der Waals surface area contributed by atoms with Crippen LogP contribution in [0.15, 0.2) is 47.3 Å². The van der Waals surface area contributed by atoms with Crippen LogP contribution in [0, 0.1) is 11.8 Å². The van der Waals surface area contributed by atoms with Gasteiger partial charge in [-0.15, -0.1) is 0 Å². The number of nitrogens with zero attached hydrogens (tertiary/aromatic N) is 2. The van der Waals surface area contributed by atoms with Gasteiger partial charge in [0.2, 0.25) is 5.91 Å². The maximum absolute atomic E-state index is 13.1. The van der Waals surface area contributed by atoms with Crippen LogP contribution in [0.1, 0.15) is 11.7 Å². The monoisotopic (exact) mass is 395 g/mol. The average molecular weight is 395 g/mol. The number of hydrogen-bond donors (Lipinski definition) is 2. The van der Waals surface area contributed by atoms with E-state index in [1.807, 2.05) is 51.9 Å². The Labute approximate surface area is 168 Å². The quantitative estimate of drug-likeness (QED) is 0.796. The molecule has 0 aliphatic carbocycles. The zero-order chi connectivity index (χ0) is 20.0. The molecule has 0 bridgehead atoms. The van der Waals surface area contributed by atoms with Crippen molar-refractivity contribution in [2.75, 3.05) is 32.9 Å². The number of rotatable bonds is 3. The molecule has 2 N–H and O–H groups in total. The normalized spacial score (nSPS) is 28.2. The van der Waals surface area contributed by atoms with Gasteiger partial charge in [-0.1, -0.05) is 30.3 Å². The van der Waals surface area contributed by atoms with E-state index in [0.29, 0.717) is 38.4 Å². The van der Waals surface area contributed by atoms with Crippen molar-refractivity contribution in [2.24, 2.45) is 11.8 Å². The minimum absolute atomic E-state index is 0.0161. The third-order valence-corrected chi connectivity index (χ3v) is 6.57. The molecule has 3 aliphatic rings.